The third-order valence-electron chi connectivity index (χ3n) is 4.30. The van der Waals surface area contributed by atoms with Gasteiger partial charge in [-0.15, -0.1) is 16.4 Å². The van der Waals surface area contributed by atoms with Crippen LogP contribution in [0.15, 0.2) is 51.7 Å². The molecule has 0 aliphatic carbocycles. The van der Waals surface area contributed by atoms with E-state index in [-0.39, 0.29) is 21.7 Å². The number of nitrogens with one attached hydrogen (secondary N) is 1. The summed E-state index contributed by atoms with van der Waals surface area (Å²) in [6, 6.07) is 10.1. The molecule has 3 heterocycles. The molecule has 29 heavy (non-hydrogen) atoms. The van der Waals surface area contributed by atoms with Crippen molar-refractivity contribution in [2.75, 3.05) is 18.5 Å². The average molecular weight is 432 g/mol. The van der Waals surface area contributed by atoms with Crippen LogP contribution in [0.3, 0.4) is 0 Å². The topological polar surface area (TPSA) is 98.5 Å². The van der Waals surface area contributed by atoms with Crippen molar-refractivity contribution in [1.29, 1.82) is 0 Å². The molecular weight excluding hydrogens is 410 g/mol. The Kier molecular flexibility index (Phi) is 5.48. The Morgan fingerprint density at radius 2 is 2.00 bits per heavy atom. The van der Waals surface area contributed by atoms with Crippen molar-refractivity contribution in [3.05, 3.63) is 41.8 Å². The first-order valence-corrected chi connectivity index (χ1v) is 11.6. The number of fused-ring (bicyclic) bond motifs is 3. The van der Waals surface area contributed by atoms with Crippen molar-refractivity contribution in [3.8, 4) is 0 Å². The summed E-state index contributed by atoms with van der Waals surface area (Å²) < 4.78 is 34.1. The number of anilines is 1. The van der Waals surface area contributed by atoms with Crippen LogP contribution in [0.5, 0.6) is 0 Å². The predicted molar refractivity (Wildman–Crippen MR) is 112 cm³/mol. The number of aromatic nitrogens is 4. The number of thiophene rings is 1. The predicted octanol–water partition coefficient (Wildman–Crippen LogP) is 3.40. The molecule has 0 saturated carbocycles. The summed E-state index contributed by atoms with van der Waals surface area (Å²) in [5.41, 5.74) is 0.976. The number of ether oxygens (including phenoxy) is 1. The van der Waals surface area contributed by atoms with Gasteiger partial charge in [0.25, 0.3) is 0 Å². The maximum Gasteiger partial charge on any atom is 0.229 e. The van der Waals surface area contributed by atoms with E-state index in [1.807, 2.05) is 25.3 Å². The zero-order valence-corrected chi connectivity index (χ0v) is 17.7. The van der Waals surface area contributed by atoms with Gasteiger partial charge in [0, 0.05) is 13.2 Å². The molecule has 1 aromatic carbocycles. The van der Waals surface area contributed by atoms with E-state index in [2.05, 4.69) is 20.6 Å². The number of nitrogens with zero attached hydrogens (tertiary/aromatic N) is 4. The van der Waals surface area contributed by atoms with Crippen molar-refractivity contribution >= 4 is 42.9 Å². The maximum atomic E-state index is 13.1. The van der Waals surface area contributed by atoms with Crippen molar-refractivity contribution in [2.45, 2.75) is 36.3 Å². The average Bonchev–Trinajstić information content (AvgIpc) is 3.35. The fourth-order valence-corrected chi connectivity index (χ4v) is 5.02. The molecular formula is C19H21N5O3S2. The van der Waals surface area contributed by atoms with Gasteiger partial charge in [-0.1, -0.05) is 23.4 Å². The Morgan fingerprint density at radius 1 is 1.21 bits per heavy atom. The summed E-state index contributed by atoms with van der Waals surface area (Å²) in [4.78, 5) is 4.74. The third-order valence-corrected chi connectivity index (χ3v) is 6.87. The van der Waals surface area contributed by atoms with Gasteiger partial charge in [0.15, 0.2) is 5.65 Å². The van der Waals surface area contributed by atoms with E-state index in [1.54, 1.807) is 18.2 Å². The van der Waals surface area contributed by atoms with Crippen LogP contribution in [0.1, 0.15) is 20.3 Å². The highest BCUT2D eigenvalue weighted by Crippen LogP contribution is 2.31. The Balaban J connectivity index is 1.72. The second kappa shape index (κ2) is 8.05. The van der Waals surface area contributed by atoms with Gasteiger partial charge in [0.05, 0.1) is 21.2 Å². The molecule has 10 heteroatoms. The lowest BCUT2D eigenvalue weighted by molar-refractivity contribution is 0.0787. The molecule has 4 rings (SSSR count). The Morgan fingerprint density at radius 3 is 2.76 bits per heavy atom. The zero-order chi connectivity index (χ0) is 20.4. The molecule has 0 radical (unpaired) electrons. The molecule has 0 saturated heterocycles. The molecule has 3 aromatic heterocycles. The SMILES string of the molecule is CC(C)OCCCNc1nc2c(S(=O)(=O)c3ccccc3)nnn2c2ccsc12. The van der Waals surface area contributed by atoms with Crippen LogP contribution in [0.2, 0.25) is 0 Å². The maximum absolute atomic E-state index is 13.1. The van der Waals surface area contributed by atoms with Gasteiger partial charge in [-0.2, -0.15) is 4.52 Å². The molecule has 0 bridgehead atoms. The second-order valence-electron chi connectivity index (χ2n) is 6.74. The quantitative estimate of drug-likeness (QED) is 0.427. The fraction of sp³-hybridized carbons (Fsp3) is 0.316. The standard InChI is InChI=1S/C19H21N5O3S2/c1-13(2)27-11-6-10-20-17-16-15(9-12-28-16)24-18(21-17)19(22-23-24)29(25,26)14-7-4-3-5-8-14/h3-5,7-9,12-13H,6,10-11H2,1-2H3,(H,20,21). The highest BCUT2D eigenvalue weighted by Gasteiger charge is 2.27. The molecule has 0 aliphatic heterocycles. The van der Waals surface area contributed by atoms with Gasteiger partial charge in [0.2, 0.25) is 14.9 Å². The monoisotopic (exact) mass is 431 g/mol. The molecule has 0 aliphatic rings. The van der Waals surface area contributed by atoms with Crippen LogP contribution in [0.4, 0.5) is 5.82 Å². The van der Waals surface area contributed by atoms with Crippen molar-refractivity contribution in [2.24, 2.45) is 0 Å². The minimum Gasteiger partial charge on any atom is -0.379 e. The van der Waals surface area contributed by atoms with E-state index in [0.29, 0.717) is 19.0 Å². The Hall–Kier alpha value is -2.56. The van der Waals surface area contributed by atoms with E-state index in [1.165, 1.54) is 28.0 Å². The van der Waals surface area contributed by atoms with Crippen molar-refractivity contribution in [1.82, 2.24) is 19.8 Å². The third kappa shape index (κ3) is 3.83. The summed E-state index contributed by atoms with van der Waals surface area (Å²) in [6.45, 7) is 5.30. The van der Waals surface area contributed by atoms with Crippen LogP contribution in [0.25, 0.3) is 15.9 Å². The van der Waals surface area contributed by atoms with Crippen LogP contribution in [-0.4, -0.2) is 47.5 Å². The van der Waals surface area contributed by atoms with Crippen LogP contribution in [0, 0.1) is 0 Å². The van der Waals surface area contributed by atoms with E-state index < -0.39 is 9.84 Å². The minimum absolute atomic E-state index is 0.150. The number of hydrogen-bond donors (Lipinski definition) is 1. The summed E-state index contributed by atoms with van der Waals surface area (Å²) in [5, 5.41) is 13.1. The lowest BCUT2D eigenvalue weighted by atomic mass is 10.4. The second-order valence-corrected chi connectivity index (χ2v) is 9.52. The van der Waals surface area contributed by atoms with Crippen molar-refractivity contribution in [3.63, 3.8) is 0 Å². The molecule has 0 fully saturated rings. The lowest BCUT2D eigenvalue weighted by Crippen LogP contribution is -2.11. The van der Waals surface area contributed by atoms with Gasteiger partial charge >= 0.3 is 0 Å². The van der Waals surface area contributed by atoms with Gasteiger partial charge in [-0.3, -0.25) is 0 Å². The summed E-state index contributed by atoms with van der Waals surface area (Å²) >= 11 is 1.52. The van der Waals surface area contributed by atoms with Crippen LogP contribution >= 0.6 is 11.3 Å². The molecule has 1 N–H and O–H groups in total. The minimum atomic E-state index is -3.83. The smallest absolute Gasteiger partial charge is 0.229 e. The summed E-state index contributed by atoms with van der Waals surface area (Å²) in [5.74, 6) is 0.624. The highest BCUT2D eigenvalue weighted by atomic mass is 32.2. The Bertz CT molecular complexity index is 1230. The van der Waals surface area contributed by atoms with Gasteiger partial charge in [0.1, 0.15) is 5.82 Å². The molecule has 0 atom stereocenters. The van der Waals surface area contributed by atoms with Crippen LogP contribution < -0.4 is 5.32 Å². The summed E-state index contributed by atoms with van der Waals surface area (Å²) in [7, 11) is -3.83. The largest absolute Gasteiger partial charge is 0.379 e. The van der Waals surface area contributed by atoms with Gasteiger partial charge in [-0.25, -0.2) is 13.4 Å². The number of hydrogen-bond acceptors (Lipinski definition) is 8. The molecule has 0 amide bonds. The Labute approximate surface area is 172 Å². The van der Waals surface area contributed by atoms with Crippen LogP contribution in [-0.2, 0) is 14.6 Å². The van der Waals surface area contributed by atoms with E-state index in [0.717, 1.165) is 16.6 Å². The molecule has 8 nitrogen and oxygen atoms in total. The van der Waals surface area contributed by atoms with Crippen molar-refractivity contribution < 1.29 is 13.2 Å². The van der Waals surface area contributed by atoms with E-state index in [4.69, 9.17) is 4.74 Å². The zero-order valence-electron chi connectivity index (χ0n) is 16.1. The lowest BCUT2D eigenvalue weighted by Gasteiger charge is -2.10. The summed E-state index contributed by atoms with van der Waals surface area (Å²) in [6.07, 6.45) is 1.00. The van der Waals surface area contributed by atoms with E-state index >= 15 is 0 Å². The van der Waals surface area contributed by atoms with Gasteiger partial charge in [-0.05, 0) is 43.8 Å². The molecule has 152 valence electrons. The fourth-order valence-electron chi connectivity index (χ4n) is 2.93. The normalized spacial score (nSPS) is 12.2. The first-order chi connectivity index (χ1) is 14.0. The molecule has 0 unspecified atom stereocenters. The van der Waals surface area contributed by atoms with E-state index in [9.17, 15) is 8.42 Å². The number of benzene rings is 1. The molecule has 0 spiro atoms. The highest BCUT2D eigenvalue weighted by molar-refractivity contribution is 7.91. The van der Waals surface area contributed by atoms with Gasteiger partial charge < -0.3 is 10.1 Å². The first kappa shape index (κ1) is 19.7. The number of sulfone groups is 1. The first-order valence-electron chi connectivity index (χ1n) is 9.26. The molecule has 4 aromatic rings. The number of rotatable bonds is 8.